The number of hydrogen-bond donors (Lipinski definition) is 0. The van der Waals surface area contributed by atoms with Gasteiger partial charge < -0.3 is 4.74 Å². The minimum Gasteiger partial charge on any atom is -0.381 e. The molecule has 0 atom stereocenters. The minimum atomic E-state index is -0.194. The third kappa shape index (κ3) is 3.30. The Labute approximate surface area is 118 Å². The summed E-state index contributed by atoms with van der Waals surface area (Å²) in [6.07, 6.45) is 3.08. The summed E-state index contributed by atoms with van der Waals surface area (Å²) < 4.78 is 19.3. The first-order chi connectivity index (χ1) is 8.15. The molecule has 1 aliphatic rings. The zero-order valence-electron chi connectivity index (χ0n) is 9.52. The highest BCUT2D eigenvalue weighted by Crippen LogP contribution is 2.37. The van der Waals surface area contributed by atoms with Gasteiger partial charge >= 0.3 is 0 Å². The van der Waals surface area contributed by atoms with Crippen molar-refractivity contribution in [2.75, 3.05) is 18.5 Å². The summed E-state index contributed by atoms with van der Waals surface area (Å²) in [5.41, 5.74) is 1.42. The molecule has 0 amide bonds. The molecule has 1 heterocycles. The third-order valence-corrected chi connectivity index (χ3v) is 5.35. The van der Waals surface area contributed by atoms with Crippen LogP contribution in [0.15, 0.2) is 22.7 Å². The molecule has 0 N–H and O–H groups in total. The van der Waals surface area contributed by atoms with E-state index in [1.165, 1.54) is 17.7 Å². The monoisotopic (exact) mass is 364 g/mol. The molecule has 0 radical (unpaired) electrons. The number of ether oxygens (including phenoxy) is 1. The van der Waals surface area contributed by atoms with Crippen molar-refractivity contribution in [1.29, 1.82) is 0 Å². The Balaban J connectivity index is 2.17. The number of alkyl halides is 1. The molecular weight excluding hydrogens is 351 g/mol. The van der Waals surface area contributed by atoms with Gasteiger partial charge in [0.2, 0.25) is 0 Å². The van der Waals surface area contributed by atoms with E-state index in [-0.39, 0.29) is 11.2 Å². The summed E-state index contributed by atoms with van der Waals surface area (Å²) in [6.45, 7) is 1.65. The van der Waals surface area contributed by atoms with Gasteiger partial charge in [0.25, 0.3) is 0 Å². The zero-order chi connectivity index (χ0) is 12.3. The van der Waals surface area contributed by atoms with E-state index in [9.17, 15) is 4.39 Å². The van der Waals surface area contributed by atoms with E-state index >= 15 is 0 Å². The molecule has 4 heteroatoms. The van der Waals surface area contributed by atoms with Gasteiger partial charge in [0.05, 0.1) is 0 Å². The fraction of sp³-hybridized carbons (Fsp3) is 0.538. The van der Waals surface area contributed by atoms with E-state index in [4.69, 9.17) is 4.74 Å². The molecule has 1 aliphatic heterocycles. The van der Waals surface area contributed by atoms with Gasteiger partial charge in [-0.2, -0.15) is 0 Å². The summed E-state index contributed by atoms with van der Waals surface area (Å²) in [7, 11) is 0. The summed E-state index contributed by atoms with van der Waals surface area (Å²) in [5.74, 6) is -0.194. The molecule has 1 fully saturated rings. The van der Waals surface area contributed by atoms with Crippen molar-refractivity contribution < 1.29 is 9.13 Å². The van der Waals surface area contributed by atoms with Gasteiger partial charge in [0.15, 0.2) is 0 Å². The van der Waals surface area contributed by atoms with Crippen molar-refractivity contribution in [3.63, 3.8) is 0 Å². The Bertz CT molecular complexity index is 389. The van der Waals surface area contributed by atoms with Crippen molar-refractivity contribution >= 4 is 31.9 Å². The largest absolute Gasteiger partial charge is 0.381 e. The molecule has 17 heavy (non-hydrogen) atoms. The fourth-order valence-electron chi connectivity index (χ4n) is 2.23. The van der Waals surface area contributed by atoms with Crippen LogP contribution in [-0.4, -0.2) is 18.5 Å². The summed E-state index contributed by atoms with van der Waals surface area (Å²) in [5, 5.41) is 0.965. The third-order valence-electron chi connectivity index (χ3n) is 3.42. The molecule has 1 saturated heterocycles. The van der Waals surface area contributed by atoms with Gasteiger partial charge in [-0.05, 0) is 42.4 Å². The second-order valence-corrected chi connectivity index (χ2v) is 6.07. The fourth-order valence-corrected chi connectivity index (χ4v) is 3.48. The maximum absolute atomic E-state index is 13.0. The van der Waals surface area contributed by atoms with Crippen LogP contribution >= 0.6 is 31.9 Å². The van der Waals surface area contributed by atoms with Crippen molar-refractivity contribution in [3.8, 4) is 0 Å². The van der Waals surface area contributed by atoms with Crippen LogP contribution in [0.5, 0.6) is 0 Å². The normalized spacial score (nSPS) is 19.2. The van der Waals surface area contributed by atoms with Gasteiger partial charge in [-0.3, -0.25) is 0 Å². The van der Waals surface area contributed by atoms with Crippen molar-refractivity contribution in [3.05, 3.63) is 34.1 Å². The Hall–Kier alpha value is 0.0700. The summed E-state index contributed by atoms with van der Waals surface area (Å²) in [4.78, 5) is 0. The minimum absolute atomic E-state index is 0.194. The lowest BCUT2D eigenvalue weighted by Gasteiger charge is -2.36. The first kappa shape index (κ1) is 13.5. The van der Waals surface area contributed by atoms with E-state index < -0.39 is 0 Å². The first-order valence-electron chi connectivity index (χ1n) is 5.73. The predicted molar refractivity (Wildman–Crippen MR) is 74.1 cm³/mol. The molecule has 0 saturated carbocycles. The smallest absolute Gasteiger partial charge is 0.124 e. The van der Waals surface area contributed by atoms with Crippen LogP contribution < -0.4 is 0 Å². The predicted octanol–water partition coefficient (Wildman–Crippen LogP) is 4.32. The number of benzene rings is 1. The average Bonchev–Trinajstić information content (AvgIpc) is 2.34. The zero-order valence-corrected chi connectivity index (χ0v) is 12.7. The number of rotatable bonds is 3. The van der Waals surface area contributed by atoms with Crippen LogP contribution in [-0.2, 0) is 11.2 Å². The van der Waals surface area contributed by atoms with Crippen LogP contribution in [0.25, 0.3) is 0 Å². The van der Waals surface area contributed by atoms with Gasteiger partial charge in [-0.15, -0.1) is 0 Å². The molecule has 94 valence electrons. The van der Waals surface area contributed by atoms with Gasteiger partial charge in [-0.1, -0.05) is 37.9 Å². The lowest BCUT2D eigenvalue weighted by Crippen LogP contribution is -2.33. The molecular formula is C13H15Br2FO. The standard InChI is InChI=1S/C13H15Br2FO/c14-9-13(3-5-17-6-4-13)8-10-1-2-11(16)7-12(10)15/h1-2,7H,3-6,8-9H2. The molecule has 0 unspecified atom stereocenters. The van der Waals surface area contributed by atoms with Gasteiger partial charge in [-0.25, -0.2) is 4.39 Å². The molecule has 1 nitrogen and oxygen atoms in total. The quantitative estimate of drug-likeness (QED) is 0.724. The molecule has 0 bridgehead atoms. The van der Waals surface area contributed by atoms with E-state index in [0.717, 1.165) is 42.3 Å². The van der Waals surface area contributed by atoms with Gasteiger partial charge in [0.1, 0.15) is 5.82 Å². The van der Waals surface area contributed by atoms with Crippen LogP contribution in [0.1, 0.15) is 18.4 Å². The van der Waals surface area contributed by atoms with Gasteiger partial charge in [0, 0.05) is 23.0 Å². The Morgan fingerprint density at radius 3 is 2.59 bits per heavy atom. The molecule has 0 spiro atoms. The highest BCUT2D eigenvalue weighted by molar-refractivity contribution is 9.10. The molecule has 0 aromatic heterocycles. The van der Waals surface area contributed by atoms with Crippen LogP contribution in [0.4, 0.5) is 4.39 Å². The highest BCUT2D eigenvalue weighted by atomic mass is 79.9. The molecule has 1 aromatic rings. The first-order valence-corrected chi connectivity index (χ1v) is 7.64. The maximum Gasteiger partial charge on any atom is 0.124 e. The van der Waals surface area contributed by atoms with Crippen molar-refractivity contribution in [2.24, 2.45) is 5.41 Å². The Kier molecular flexibility index (Phi) is 4.61. The lowest BCUT2D eigenvalue weighted by molar-refractivity contribution is 0.0269. The SMILES string of the molecule is Fc1ccc(CC2(CBr)CCOCC2)c(Br)c1. The van der Waals surface area contributed by atoms with E-state index in [2.05, 4.69) is 31.9 Å². The highest BCUT2D eigenvalue weighted by Gasteiger charge is 2.32. The molecule has 1 aromatic carbocycles. The number of halogens is 3. The second-order valence-electron chi connectivity index (χ2n) is 4.66. The van der Waals surface area contributed by atoms with E-state index in [0.29, 0.717) is 0 Å². The average molecular weight is 366 g/mol. The van der Waals surface area contributed by atoms with E-state index in [1.54, 1.807) is 0 Å². The number of hydrogen-bond acceptors (Lipinski definition) is 1. The second kappa shape index (κ2) is 5.81. The maximum atomic E-state index is 13.0. The van der Waals surface area contributed by atoms with Crippen molar-refractivity contribution in [2.45, 2.75) is 19.3 Å². The lowest BCUT2D eigenvalue weighted by atomic mass is 9.77. The Morgan fingerprint density at radius 1 is 1.29 bits per heavy atom. The molecule has 2 rings (SSSR count). The molecule has 0 aliphatic carbocycles. The Morgan fingerprint density at radius 2 is 2.00 bits per heavy atom. The van der Waals surface area contributed by atoms with E-state index in [1.807, 2.05) is 6.07 Å². The van der Waals surface area contributed by atoms with Crippen LogP contribution in [0.2, 0.25) is 0 Å². The summed E-state index contributed by atoms with van der Waals surface area (Å²) >= 11 is 7.06. The van der Waals surface area contributed by atoms with Crippen LogP contribution in [0, 0.1) is 11.2 Å². The van der Waals surface area contributed by atoms with Crippen LogP contribution in [0.3, 0.4) is 0 Å². The topological polar surface area (TPSA) is 9.23 Å². The summed E-state index contributed by atoms with van der Waals surface area (Å²) in [6, 6.07) is 4.94. The van der Waals surface area contributed by atoms with Crippen molar-refractivity contribution in [1.82, 2.24) is 0 Å².